The molecule has 1 aromatic carbocycles. The molecule has 0 aliphatic heterocycles. The van der Waals surface area contributed by atoms with Crippen LogP contribution in [0.2, 0.25) is 10.0 Å². The quantitative estimate of drug-likeness (QED) is 0.782. The average molecular weight is 286 g/mol. The molecule has 1 aliphatic carbocycles. The Morgan fingerprint density at radius 2 is 2.00 bits per heavy atom. The van der Waals surface area contributed by atoms with Crippen molar-refractivity contribution in [1.82, 2.24) is 5.32 Å². The highest BCUT2D eigenvalue weighted by atomic mass is 35.5. The second-order valence-corrected chi connectivity index (χ2v) is 6.01. The molecule has 18 heavy (non-hydrogen) atoms. The molecule has 1 saturated carbocycles. The van der Waals surface area contributed by atoms with E-state index in [1.54, 1.807) is 0 Å². The summed E-state index contributed by atoms with van der Waals surface area (Å²) in [5.41, 5.74) is 1.19. The Morgan fingerprint density at radius 3 is 2.61 bits per heavy atom. The fraction of sp³-hybridized carbons (Fsp3) is 0.600. The predicted octanol–water partition coefficient (Wildman–Crippen LogP) is 5.22. The molecule has 1 aromatic rings. The molecule has 1 aliphatic rings. The van der Waals surface area contributed by atoms with Crippen molar-refractivity contribution in [1.29, 1.82) is 0 Å². The second kappa shape index (κ2) is 6.79. The summed E-state index contributed by atoms with van der Waals surface area (Å²) in [6, 6.07) is 6.20. The first-order valence-electron chi connectivity index (χ1n) is 6.89. The SMILES string of the molecule is CCNC(CC1CCCC1)c1ccc(Cl)cc1Cl. The third-order valence-corrected chi connectivity index (χ3v) is 4.39. The highest BCUT2D eigenvalue weighted by Gasteiger charge is 2.22. The van der Waals surface area contributed by atoms with Crippen LogP contribution < -0.4 is 5.32 Å². The van der Waals surface area contributed by atoms with Crippen molar-refractivity contribution < 1.29 is 0 Å². The largest absolute Gasteiger partial charge is 0.310 e. The van der Waals surface area contributed by atoms with Gasteiger partial charge in [0.15, 0.2) is 0 Å². The number of hydrogen-bond donors (Lipinski definition) is 1. The summed E-state index contributed by atoms with van der Waals surface area (Å²) in [5.74, 6) is 0.848. The van der Waals surface area contributed by atoms with Crippen LogP contribution in [0.15, 0.2) is 18.2 Å². The maximum absolute atomic E-state index is 6.32. The van der Waals surface area contributed by atoms with Gasteiger partial charge in [-0.1, -0.05) is 61.9 Å². The van der Waals surface area contributed by atoms with E-state index >= 15 is 0 Å². The van der Waals surface area contributed by atoms with Gasteiger partial charge in [0.1, 0.15) is 0 Å². The maximum atomic E-state index is 6.32. The first kappa shape index (κ1) is 14.2. The molecule has 100 valence electrons. The van der Waals surface area contributed by atoms with Crippen LogP contribution in [0, 0.1) is 5.92 Å². The Hall–Kier alpha value is -0.240. The third kappa shape index (κ3) is 3.63. The molecule has 0 radical (unpaired) electrons. The van der Waals surface area contributed by atoms with Gasteiger partial charge in [-0.25, -0.2) is 0 Å². The second-order valence-electron chi connectivity index (χ2n) is 5.16. The Kier molecular flexibility index (Phi) is 5.35. The van der Waals surface area contributed by atoms with E-state index in [9.17, 15) is 0 Å². The molecule has 1 unspecified atom stereocenters. The summed E-state index contributed by atoms with van der Waals surface area (Å²) in [6.07, 6.45) is 6.70. The molecule has 0 heterocycles. The molecular weight excluding hydrogens is 265 g/mol. The summed E-state index contributed by atoms with van der Waals surface area (Å²) < 4.78 is 0. The topological polar surface area (TPSA) is 12.0 Å². The molecule has 1 fully saturated rings. The summed E-state index contributed by atoms with van der Waals surface area (Å²) >= 11 is 12.3. The third-order valence-electron chi connectivity index (χ3n) is 3.83. The average Bonchev–Trinajstić information content (AvgIpc) is 2.81. The monoisotopic (exact) mass is 285 g/mol. The molecular formula is C15H21Cl2N. The maximum Gasteiger partial charge on any atom is 0.0468 e. The van der Waals surface area contributed by atoms with Gasteiger partial charge >= 0.3 is 0 Å². The molecule has 3 heteroatoms. The predicted molar refractivity (Wildman–Crippen MR) is 79.5 cm³/mol. The Labute approximate surface area is 120 Å². The van der Waals surface area contributed by atoms with E-state index in [0.717, 1.165) is 17.5 Å². The van der Waals surface area contributed by atoms with Crippen LogP contribution in [-0.2, 0) is 0 Å². The van der Waals surface area contributed by atoms with E-state index in [2.05, 4.69) is 18.3 Å². The van der Waals surface area contributed by atoms with E-state index in [4.69, 9.17) is 23.2 Å². The van der Waals surface area contributed by atoms with Crippen LogP contribution in [0.1, 0.15) is 50.6 Å². The molecule has 0 spiro atoms. The Balaban J connectivity index is 2.12. The van der Waals surface area contributed by atoms with Gasteiger partial charge in [-0.05, 0) is 36.6 Å². The van der Waals surface area contributed by atoms with Gasteiger partial charge in [0.05, 0.1) is 0 Å². The molecule has 0 aromatic heterocycles. The number of rotatable bonds is 5. The van der Waals surface area contributed by atoms with Crippen molar-refractivity contribution in [3.8, 4) is 0 Å². The van der Waals surface area contributed by atoms with Crippen LogP contribution in [0.25, 0.3) is 0 Å². The van der Waals surface area contributed by atoms with Gasteiger partial charge in [-0.15, -0.1) is 0 Å². The van der Waals surface area contributed by atoms with Crippen LogP contribution >= 0.6 is 23.2 Å². The van der Waals surface area contributed by atoms with Crippen molar-refractivity contribution in [2.45, 2.75) is 45.1 Å². The molecule has 1 N–H and O–H groups in total. The van der Waals surface area contributed by atoms with E-state index < -0.39 is 0 Å². The normalized spacial score (nSPS) is 18.2. The first-order chi connectivity index (χ1) is 8.70. The minimum Gasteiger partial charge on any atom is -0.310 e. The van der Waals surface area contributed by atoms with Crippen LogP contribution in [-0.4, -0.2) is 6.54 Å². The van der Waals surface area contributed by atoms with Crippen molar-refractivity contribution in [3.63, 3.8) is 0 Å². The van der Waals surface area contributed by atoms with Crippen LogP contribution in [0.4, 0.5) is 0 Å². The van der Waals surface area contributed by atoms with Crippen molar-refractivity contribution in [3.05, 3.63) is 33.8 Å². The summed E-state index contributed by atoms with van der Waals surface area (Å²) in [5, 5.41) is 5.05. The number of hydrogen-bond acceptors (Lipinski definition) is 1. The summed E-state index contributed by atoms with van der Waals surface area (Å²) in [6.45, 7) is 3.11. The number of nitrogens with one attached hydrogen (secondary N) is 1. The molecule has 0 saturated heterocycles. The highest BCUT2D eigenvalue weighted by molar-refractivity contribution is 6.35. The lowest BCUT2D eigenvalue weighted by Crippen LogP contribution is -2.23. The first-order valence-corrected chi connectivity index (χ1v) is 7.64. The number of benzene rings is 1. The molecule has 1 atom stereocenters. The molecule has 1 nitrogen and oxygen atoms in total. The lowest BCUT2D eigenvalue weighted by Gasteiger charge is -2.23. The molecule has 0 amide bonds. The molecule has 0 bridgehead atoms. The lowest BCUT2D eigenvalue weighted by molar-refractivity contribution is 0.401. The van der Waals surface area contributed by atoms with E-state index in [1.807, 2.05) is 12.1 Å². The zero-order valence-corrected chi connectivity index (χ0v) is 12.4. The van der Waals surface area contributed by atoms with E-state index in [0.29, 0.717) is 11.1 Å². The van der Waals surface area contributed by atoms with Crippen molar-refractivity contribution >= 4 is 23.2 Å². The van der Waals surface area contributed by atoms with Crippen LogP contribution in [0.3, 0.4) is 0 Å². The summed E-state index contributed by atoms with van der Waals surface area (Å²) in [7, 11) is 0. The minimum absolute atomic E-state index is 0.364. The minimum atomic E-state index is 0.364. The zero-order chi connectivity index (χ0) is 13.0. The fourth-order valence-corrected chi connectivity index (χ4v) is 3.47. The smallest absolute Gasteiger partial charge is 0.0468 e. The fourth-order valence-electron chi connectivity index (χ4n) is 2.93. The van der Waals surface area contributed by atoms with Crippen molar-refractivity contribution in [2.24, 2.45) is 5.92 Å². The van der Waals surface area contributed by atoms with Crippen LogP contribution in [0.5, 0.6) is 0 Å². The van der Waals surface area contributed by atoms with Gasteiger partial charge in [-0.2, -0.15) is 0 Å². The van der Waals surface area contributed by atoms with Gasteiger partial charge in [0.2, 0.25) is 0 Å². The van der Waals surface area contributed by atoms with Gasteiger partial charge in [0, 0.05) is 16.1 Å². The van der Waals surface area contributed by atoms with Crippen molar-refractivity contribution in [2.75, 3.05) is 6.54 Å². The number of halogens is 2. The summed E-state index contributed by atoms with van der Waals surface area (Å²) in [4.78, 5) is 0. The Morgan fingerprint density at radius 1 is 1.28 bits per heavy atom. The van der Waals surface area contributed by atoms with E-state index in [-0.39, 0.29) is 0 Å². The standard InChI is InChI=1S/C15H21Cl2N/c1-2-18-15(9-11-5-3-4-6-11)13-8-7-12(16)10-14(13)17/h7-8,10-11,15,18H,2-6,9H2,1H3. The zero-order valence-electron chi connectivity index (χ0n) is 10.9. The lowest BCUT2D eigenvalue weighted by atomic mass is 9.93. The Bertz CT molecular complexity index is 386. The van der Waals surface area contributed by atoms with Gasteiger partial charge in [0.25, 0.3) is 0 Å². The highest BCUT2D eigenvalue weighted by Crippen LogP contribution is 2.35. The van der Waals surface area contributed by atoms with E-state index in [1.165, 1.54) is 37.7 Å². The molecule has 2 rings (SSSR count). The van der Waals surface area contributed by atoms with Gasteiger partial charge < -0.3 is 5.32 Å². The van der Waals surface area contributed by atoms with Gasteiger partial charge in [-0.3, -0.25) is 0 Å².